The van der Waals surface area contributed by atoms with Crippen LogP contribution < -0.4 is 0 Å². The first-order chi connectivity index (χ1) is 20.9. The first-order valence-corrected chi connectivity index (χ1v) is 11.4. The second-order valence-corrected chi connectivity index (χ2v) is 9.57. The van der Waals surface area contributed by atoms with Crippen LogP contribution in [0.25, 0.3) is 0 Å². The molecule has 0 heterocycles. The molecule has 0 saturated heterocycles. The highest BCUT2D eigenvalue weighted by Gasteiger charge is 2.86. The first-order valence-electron chi connectivity index (χ1n) is 11.4. The molecule has 0 spiro atoms. The molecule has 28 heteroatoms. The van der Waals surface area contributed by atoms with E-state index in [2.05, 4.69) is 0 Å². The summed E-state index contributed by atoms with van der Waals surface area (Å²) in [5.41, 5.74) is -16.9. The van der Waals surface area contributed by atoms with Gasteiger partial charge < -0.3 is 5.11 Å². The van der Waals surface area contributed by atoms with Gasteiger partial charge in [-0.3, -0.25) is 0 Å². The molecule has 0 aliphatic rings. The van der Waals surface area contributed by atoms with Crippen LogP contribution in [0.1, 0.15) is 41.7 Å². The molecule has 1 aromatic rings. The van der Waals surface area contributed by atoms with Crippen molar-refractivity contribution in [3.8, 4) is 0 Å². The van der Waals surface area contributed by atoms with Gasteiger partial charge in [0.05, 0.1) is 6.10 Å². The Balaban J connectivity index is 4.84. The second-order valence-electron chi connectivity index (χ2n) is 9.57. The summed E-state index contributed by atoms with van der Waals surface area (Å²) in [6.07, 6.45) is -29.8. The molecule has 288 valence electrons. The molecule has 1 aromatic carbocycles. The third kappa shape index (κ3) is 6.07. The zero-order valence-corrected chi connectivity index (χ0v) is 22.1. The van der Waals surface area contributed by atoms with Crippen LogP contribution in [0, 0.1) is 0 Å². The van der Waals surface area contributed by atoms with Crippen LogP contribution in [-0.2, 0) is 17.8 Å². The zero-order chi connectivity index (χ0) is 40.0. The maximum atomic E-state index is 14.9. The lowest BCUT2D eigenvalue weighted by Crippen LogP contribution is -2.61. The minimum absolute atomic E-state index is 0.139. The molecule has 0 bridgehead atoms. The molecule has 1 N–H and O–H groups in total. The third-order valence-electron chi connectivity index (χ3n) is 6.37. The molecule has 0 aromatic heterocycles. The molecule has 1 rings (SSSR count). The second kappa shape index (κ2) is 11.7. The smallest absolute Gasteiger partial charge is 0.388 e. The van der Waals surface area contributed by atoms with Crippen LogP contribution >= 0.6 is 0 Å². The molecular weight excluding hydrogens is 781 g/mol. The van der Waals surface area contributed by atoms with E-state index in [4.69, 9.17) is 0 Å². The van der Waals surface area contributed by atoms with E-state index in [-0.39, 0.29) is 6.92 Å². The molecule has 0 amide bonds. The van der Waals surface area contributed by atoms with Gasteiger partial charge >= 0.3 is 71.8 Å². The van der Waals surface area contributed by atoms with Crippen LogP contribution in [0.4, 0.5) is 119 Å². The van der Waals surface area contributed by atoms with Crippen molar-refractivity contribution in [2.75, 3.05) is 0 Å². The molecule has 0 saturated carbocycles. The van der Waals surface area contributed by atoms with Crippen molar-refractivity contribution in [2.24, 2.45) is 0 Å². The van der Waals surface area contributed by atoms with Crippen molar-refractivity contribution in [3.63, 3.8) is 0 Å². The van der Waals surface area contributed by atoms with E-state index in [1.165, 1.54) is 0 Å². The molecule has 49 heavy (non-hydrogen) atoms. The maximum absolute atomic E-state index is 14.9. The van der Waals surface area contributed by atoms with E-state index >= 15 is 0 Å². The summed E-state index contributed by atoms with van der Waals surface area (Å²) in [5.74, 6) is -74.2. The summed E-state index contributed by atoms with van der Waals surface area (Å²) < 4.78 is 368. The number of hydrogen-bond donors (Lipinski definition) is 1. The summed E-state index contributed by atoms with van der Waals surface area (Å²) in [5, 5.41) is 9.78. The van der Waals surface area contributed by atoms with Gasteiger partial charge in [-0.15, -0.1) is 0 Å². The van der Waals surface area contributed by atoms with Crippen molar-refractivity contribution < 1.29 is 124 Å². The van der Waals surface area contributed by atoms with Gasteiger partial charge in [0.15, 0.2) is 0 Å². The largest absolute Gasteiger partial charge is 0.460 e. The van der Waals surface area contributed by atoms with Gasteiger partial charge in [-0.2, -0.15) is 119 Å². The van der Waals surface area contributed by atoms with E-state index < -0.39 is 119 Å². The Labute approximate surface area is 250 Å². The average Bonchev–Trinajstić information content (AvgIpc) is 2.89. The average molecular weight is 790 g/mol. The molecule has 1 atom stereocenters. The van der Waals surface area contributed by atoms with Gasteiger partial charge in [0.2, 0.25) is 0 Å². The number of halogens is 27. The zero-order valence-electron chi connectivity index (χ0n) is 22.1. The van der Waals surface area contributed by atoms with E-state index in [1.807, 2.05) is 0 Å². The van der Waals surface area contributed by atoms with Crippen molar-refractivity contribution in [2.45, 2.75) is 91.3 Å². The molecule has 0 radical (unpaired) electrons. The lowest BCUT2D eigenvalue weighted by Gasteiger charge is -2.39. The predicted octanol–water partition coefficient (Wildman–Crippen LogP) is 10.9. The Morgan fingerprint density at radius 1 is 0.408 bits per heavy atom. The van der Waals surface area contributed by atoms with Gasteiger partial charge in [0.25, 0.3) is 0 Å². The Bertz CT molecular complexity index is 1290. The van der Waals surface area contributed by atoms with E-state index in [1.54, 1.807) is 0 Å². The van der Waals surface area contributed by atoms with E-state index in [0.29, 0.717) is 0 Å². The number of alkyl halides is 27. The third-order valence-corrected chi connectivity index (χ3v) is 6.37. The highest BCUT2D eigenvalue weighted by atomic mass is 19.4. The summed E-state index contributed by atoms with van der Waals surface area (Å²) in [6, 6.07) is -4.57. The summed E-state index contributed by atoms with van der Waals surface area (Å²) >= 11 is 0. The standard InChI is InChI=1S/C21H9F27O/c1-2-8(49)9-6(11(24,25)14(30,31)17(36,37)20(43,44)45)3-5(10(22,23)13(28,29)16(34,35)19(40,41)42)4-7(9)12(26,27)15(32,33)18(38,39)21(46,47)48/h3-4,8,49H,2H2,1H3. The molecule has 0 aliphatic heterocycles. The number of aliphatic hydroxyl groups is 1. The van der Waals surface area contributed by atoms with E-state index in [9.17, 15) is 124 Å². The Kier molecular flexibility index (Phi) is 10.5. The fourth-order valence-corrected chi connectivity index (χ4v) is 3.56. The van der Waals surface area contributed by atoms with Gasteiger partial charge in [-0.25, -0.2) is 0 Å². The fraction of sp³-hybridized carbons (Fsp3) is 0.714. The number of hydrogen-bond acceptors (Lipinski definition) is 1. The lowest BCUT2D eigenvalue weighted by molar-refractivity contribution is -0.402. The highest BCUT2D eigenvalue weighted by Crippen LogP contribution is 2.63. The summed E-state index contributed by atoms with van der Waals surface area (Å²) in [4.78, 5) is 0. The molecule has 0 fully saturated rings. The molecule has 1 unspecified atom stereocenters. The van der Waals surface area contributed by atoms with Gasteiger partial charge in [-0.05, 0) is 24.1 Å². The Morgan fingerprint density at radius 2 is 0.633 bits per heavy atom. The summed E-state index contributed by atoms with van der Waals surface area (Å²) in [7, 11) is 0. The van der Waals surface area contributed by atoms with Gasteiger partial charge in [0.1, 0.15) is 0 Å². The fourth-order valence-electron chi connectivity index (χ4n) is 3.56. The van der Waals surface area contributed by atoms with Gasteiger partial charge in [-0.1, -0.05) is 6.92 Å². The SMILES string of the molecule is CCC(O)c1c(C(F)(F)C(F)(F)C(F)(F)C(F)(F)F)cc(C(F)(F)C(F)(F)C(F)(F)C(F)(F)F)cc1C(F)(F)C(F)(F)C(F)(F)C(F)(F)F. The van der Waals surface area contributed by atoms with E-state index in [0.717, 1.165) is 0 Å². The lowest BCUT2D eigenvalue weighted by atomic mass is 9.80. The van der Waals surface area contributed by atoms with Crippen molar-refractivity contribution in [3.05, 3.63) is 34.4 Å². The van der Waals surface area contributed by atoms with Crippen LogP contribution in [0.3, 0.4) is 0 Å². The maximum Gasteiger partial charge on any atom is 0.460 e. The quantitative estimate of drug-likeness (QED) is 0.221. The van der Waals surface area contributed by atoms with Gasteiger partial charge in [0, 0.05) is 16.7 Å². The van der Waals surface area contributed by atoms with Crippen LogP contribution in [0.15, 0.2) is 12.1 Å². The minimum Gasteiger partial charge on any atom is -0.388 e. The number of benzene rings is 1. The predicted molar refractivity (Wildman–Crippen MR) is 101 cm³/mol. The normalized spacial score (nSPS) is 16.7. The highest BCUT2D eigenvalue weighted by molar-refractivity contribution is 5.49. The first kappa shape index (κ1) is 44.3. The van der Waals surface area contributed by atoms with Crippen LogP contribution in [0.5, 0.6) is 0 Å². The molecule has 0 aliphatic carbocycles. The monoisotopic (exact) mass is 790 g/mol. The summed E-state index contributed by atoms with van der Waals surface area (Å²) in [6.45, 7) is 0.139. The topological polar surface area (TPSA) is 20.2 Å². The number of aliphatic hydroxyl groups excluding tert-OH is 1. The van der Waals surface area contributed by atoms with Crippen molar-refractivity contribution >= 4 is 0 Å². The minimum atomic E-state index is -8.43. The van der Waals surface area contributed by atoms with Crippen molar-refractivity contribution in [1.82, 2.24) is 0 Å². The Morgan fingerprint density at radius 3 is 0.837 bits per heavy atom. The van der Waals surface area contributed by atoms with Crippen LogP contribution in [0.2, 0.25) is 0 Å². The molecule has 1 nitrogen and oxygen atoms in total. The number of rotatable bonds is 11. The van der Waals surface area contributed by atoms with Crippen LogP contribution in [-0.4, -0.2) is 59.2 Å². The molecular formula is C21H9F27O. The Hall–Kier alpha value is -2.71. The van der Waals surface area contributed by atoms with Crippen molar-refractivity contribution in [1.29, 1.82) is 0 Å².